The number of anilines is 1. The van der Waals surface area contributed by atoms with Crippen molar-refractivity contribution in [2.24, 2.45) is 0 Å². The van der Waals surface area contributed by atoms with E-state index >= 15 is 0 Å². The summed E-state index contributed by atoms with van der Waals surface area (Å²) in [6.07, 6.45) is 0.994. The minimum absolute atomic E-state index is 0.00690. The number of para-hydroxylation sites is 1. The molecule has 0 bridgehead atoms. The fraction of sp³-hybridized carbons (Fsp3) is 0.533. The summed E-state index contributed by atoms with van der Waals surface area (Å²) in [6, 6.07) is 5.32. The SMILES string of the molecule is COc1c(N)cccc1C(=O)N1CCSC(C)(C)CC1. The van der Waals surface area contributed by atoms with Crippen LogP contribution >= 0.6 is 11.8 Å². The summed E-state index contributed by atoms with van der Waals surface area (Å²) in [4.78, 5) is 14.6. The van der Waals surface area contributed by atoms with Crippen molar-refractivity contribution in [3.8, 4) is 5.75 Å². The molecule has 1 saturated heterocycles. The maximum absolute atomic E-state index is 12.7. The van der Waals surface area contributed by atoms with Gasteiger partial charge >= 0.3 is 0 Å². The fourth-order valence-electron chi connectivity index (χ4n) is 2.34. The van der Waals surface area contributed by atoms with Gasteiger partial charge in [-0.2, -0.15) is 11.8 Å². The van der Waals surface area contributed by atoms with E-state index < -0.39 is 0 Å². The van der Waals surface area contributed by atoms with Gasteiger partial charge in [0.15, 0.2) is 5.75 Å². The molecule has 110 valence electrons. The summed E-state index contributed by atoms with van der Waals surface area (Å²) in [5.41, 5.74) is 6.93. The Morgan fingerprint density at radius 1 is 1.40 bits per heavy atom. The zero-order valence-corrected chi connectivity index (χ0v) is 13.1. The van der Waals surface area contributed by atoms with E-state index in [1.165, 1.54) is 0 Å². The second kappa shape index (κ2) is 5.95. The Morgan fingerprint density at radius 2 is 2.15 bits per heavy atom. The predicted molar refractivity (Wildman–Crippen MR) is 84.5 cm³/mol. The maximum Gasteiger partial charge on any atom is 0.257 e. The third kappa shape index (κ3) is 3.20. The van der Waals surface area contributed by atoms with E-state index in [2.05, 4.69) is 13.8 Å². The van der Waals surface area contributed by atoms with E-state index in [-0.39, 0.29) is 10.7 Å². The molecule has 0 aliphatic carbocycles. The topological polar surface area (TPSA) is 55.6 Å². The van der Waals surface area contributed by atoms with Crippen molar-refractivity contribution in [2.45, 2.75) is 25.0 Å². The molecule has 1 aliphatic rings. The summed E-state index contributed by atoms with van der Waals surface area (Å²) in [6.45, 7) is 6.00. The number of nitrogen functional groups attached to an aromatic ring is 1. The van der Waals surface area contributed by atoms with E-state index in [1.807, 2.05) is 16.7 Å². The first-order valence-corrected chi connectivity index (χ1v) is 7.79. The average Bonchev–Trinajstić information content (AvgIpc) is 2.58. The summed E-state index contributed by atoms with van der Waals surface area (Å²) in [7, 11) is 1.55. The van der Waals surface area contributed by atoms with Crippen LogP contribution < -0.4 is 10.5 Å². The van der Waals surface area contributed by atoms with E-state index in [0.29, 0.717) is 17.0 Å². The third-order valence-corrected chi connectivity index (χ3v) is 4.98. The molecule has 4 nitrogen and oxygen atoms in total. The summed E-state index contributed by atoms with van der Waals surface area (Å²) in [5, 5.41) is 0. The number of hydrogen-bond donors (Lipinski definition) is 1. The Balaban J connectivity index is 2.21. The molecular formula is C15H22N2O2S. The molecule has 1 heterocycles. The van der Waals surface area contributed by atoms with Gasteiger partial charge in [0, 0.05) is 23.6 Å². The molecule has 1 amide bonds. The van der Waals surface area contributed by atoms with Crippen molar-refractivity contribution in [2.75, 3.05) is 31.7 Å². The second-order valence-corrected chi connectivity index (χ2v) is 7.38. The van der Waals surface area contributed by atoms with Crippen LogP contribution in [-0.2, 0) is 0 Å². The number of ether oxygens (including phenoxy) is 1. The Hall–Kier alpha value is -1.36. The number of rotatable bonds is 2. The van der Waals surface area contributed by atoms with Crippen molar-refractivity contribution < 1.29 is 9.53 Å². The average molecular weight is 294 g/mol. The summed E-state index contributed by atoms with van der Waals surface area (Å²) < 4.78 is 5.51. The fourth-order valence-corrected chi connectivity index (χ4v) is 3.44. The van der Waals surface area contributed by atoms with Gasteiger partial charge < -0.3 is 15.4 Å². The third-order valence-electron chi connectivity index (χ3n) is 3.61. The molecule has 1 fully saturated rings. The number of hydrogen-bond acceptors (Lipinski definition) is 4. The normalized spacial score (nSPS) is 18.4. The highest BCUT2D eigenvalue weighted by molar-refractivity contribution is 8.00. The van der Waals surface area contributed by atoms with Crippen molar-refractivity contribution in [3.63, 3.8) is 0 Å². The van der Waals surface area contributed by atoms with Crippen LogP contribution in [0.4, 0.5) is 5.69 Å². The zero-order valence-electron chi connectivity index (χ0n) is 12.3. The van der Waals surface area contributed by atoms with Crippen molar-refractivity contribution in [1.82, 2.24) is 4.90 Å². The highest BCUT2D eigenvalue weighted by Crippen LogP contribution is 2.32. The molecule has 1 aromatic rings. The van der Waals surface area contributed by atoms with Gasteiger partial charge in [0.2, 0.25) is 0 Å². The molecule has 1 aliphatic heterocycles. The summed E-state index contributed by atoms with van der Waals surface area (Å²) >= 11 is 1.92. The number of carbonyl (C=O) groups excluding carboxylic acids is 1. The van der Waals surface area contributed by atoms with Gasteiger partial charge in [-0.25, -0.2) is 0 Å². The van der Waals surface area contributed by atoms with Crippen LogP contribution in [-0.4, -0.2) is 41.5 Å². The first kappa shape index (κ1) is 15.0. The molecule has 2 rings (SSSR count). The number of amides is 1. The van der Waals surface area contributed by atoms with Crippen LogP contribution in [0.2, 0.25) is 0 Å². The molecule has 0 atom stereocenters. The smallest absolute Gasteiger partial charge is 0.257 e. The molecule has 20 heavy (non-hydrogen) atoms. The standard InChI is InChI=1S/C15H22N2O2S/c1-15(2)7-8-17(9-10-20-15)14(18)11-5-4-6-12(16)13(11)19-3/h4-6H,7-10,16H2,1-3H3. The van der Waals surface area contributed by atoms with Crippen molar-refractivity contribution >= 4 is 23.4 Å². The lowest BCUT2D eigenvalue weighted by atomic mass is 10.1. The van der Waals surface area contributed by atoms with Crippen LogP contribution in [0.15, 0.2) is 18.2 Å². The molecule has 5 heteroatoms. The van der Waals surface area contributed by atoms with Gasteiger partial charge in [-0.15, -0.1) is 0 Å². The second-order valence-electron chi connectivity index (χ2n) is 5.58. The first-order chi connectivity index (χ1) is 9.44. The molecule has 0 unspecified atom stereocenters. The van der Waals surface area contributed by atoms with Gasteiger partial charge in [-0.1, -0.05) is 19.9 Å². The molecule has 1 aromatic carbocycles. The lowest BCUT2D eigenvalue weighted by molar-refractivity contribution is 0.0761. The van der Waals surface area contributed by atoms with Crippen LogP contribution in [0.3, 0.4) is 0 Å². The van der Waals surface area contributed by atoms with Gasteiger partial charge in [0.25, 0.3) is 5.91 Å². The van der Waals surface area contributed by atoms with E-state index in [4.69, 9.17) is 10.5 Å². The largest absolute Gasteiger partial charge is 0.494 e. The van der Waals surface area contributed by atoms with E-state index in [9.17, 15) is 4.79 Å². The highest BCUT2D eigenvalue weighted by Gasteiger charge is 2.27. The van der Waals surface area contributed by atoms with Crippen LogP contribution in [0.25, 0.3) is 0 Å². The number of carbonyl (C=O) groups is 1. The Bertz CT molecular complexity index is 503. The zero-order chi connectivity index (χ0) is 14.8. The molecule has 2 N–H and O–H groups in total. The molecule has 0 aromatic heterocycles. The van der Waals surface area contributed by atoms with Crippen LogP contribution in [0, 0.1) is 0 Å². The van der Waals surface area contributed by atoms with Crippen molar-refractivity contribution in [1.29, 1.82) is 0 Å². The van der Waals surface area contributed by atoms with Gasteiger partial charge in [0.05, 0.1) is 18.4 Å². The van der Waals surface area contributed by atoms with E-state index in [1.54, 1.807) is 25.3 Å². The number of methoxy groups -OCH3 is 1. The molecule has 0 saturated carbocycles. The maximum atomic E-state index is 12.7. The van der Waals surface area contributed by atoms with Gasteiger partial charge in [-0.3, -0.25) is 4.79 Å². The highest BCUT2D eigenvalue weighted by atomic mass is 32.2. The number of nitrogens with zero attached hydrogens (tertiary/aromatic N) is 1. The molecular weight excluding hydrogens is 272 g/mol. The van der Waals surface area contributed by atoms with E-state index in [0.717, 1.165) is 25.3 Å². The number of nitrogens with two attached hydrogens (primary N) is 1. The summed E-state index contributed by atoms with van der Waals surface area (Å²) in [5.74, 6) is 1.45. The molecule has 0 radical (unpaired) electrons. The number of benzene rings is 1. The first-order valence-electron chi connectivity index (χ1n) is 6.80. The van der Waals surface area contributed by atoms with Gasteiger partial charge in [-0.05, 0) is 18.6 Å². The van der Waals surface area contributed by atoms with Gasteiger partial charge in [0.1, 0.15) is 0 Å². The van der Waals surface area contributed by atoms with Crippen LogP contribution in [0.1, 0.15) is 30.6 Å². The van der Waals surface area contributed by atoms with Crippen molar-refractivity contribution in [3.05, 3.63) is 23.8 Å². The Labute approximate surface area is 124 Å². The lowest BCUT2D eigenvalue weighted by Crippen LogP contribution is -2.34. The quantitative estimate of drug-likeness (QED) is 0.852. The predicted octanol–water partition coefficient (Wildman–Crippen LogP) is 2.64. The van der Waals surface area contributed by atoms with Crippen LogP contribution in [0.5, 0.6) is 5.75 Å². The lowest BCUT2D eigenvalue weighted by Gasteiger charge is -2.23. The minimum Gasteiger partial charge on any atom is -0.494 e. The monoisotopic (exact) mass is 294 g/mol. The Kier molecular flexibility index (Phi) is 4.48. The minimum atomic E-state index is 0.00690. The number of thioether (sulfide) groups is 1. The Morgan fingerprint density at radius 3 is 2.85 bits per heavy atom. The molecule has 0 spiro atoms.